The molecule has 1 unspecified atom stereocenters. The molecule has 0 aliphatic carbocycles. The number of rotatable bonds is 4. The van der Waals surface area contributed by atoms with E-state index in [1.165, 1.54) is 0 Å². The second kappa shape index (κ2) is 7.60. The van der Waals surface area contributed by atoms with Crippen LogP contribution in [0.5, 0.6) is 0 Å². The minimum absolute atomic E-state index is 0.225. The highest BCUT2D eigenvalue weighted by molar-refractivity contribution is 6.13. The van der Waals surface area contributed by atoms with Crippen molar-refractivity contribution in [1.29, 1.82) is 5.41 Å². The van der Waals surface area contributed by atoms with Crippen molar-refractivity contribution in [3.63, 3.8) is 0 Å². The number of hydrogen-bond donors (Lipinski definition) is 3. The average molecular weight is 387 g/mol. The lowest BCUT2D eigenvalue weighted by atomic mass is 9.92. The first kappa shape index (κ1) is 19.0. The average Bonchev–Trinajstić information content (AvgIpc) is 2.73. The number of anilines is 2. The van der Waals surface area contributed by atoms with Gasteiger partial charge in [0.1, 0.15) is 5.82 Å². The van der Waals surface area contributed by atoms with E-state index in [9.17, 15) is 0 Å². The molecule has 1 aliphatic heterocycles. The predicted octanol–water partition coefficient (Wildman–Crippen LogP) is 2.85. The lowest BCUT2D eigenvalue weighted by Crippen LogP contribution is -2.52. The standard InChI is InChI=1S/C22H25N7/c1-22(25)8-4-10-29(14-22)20-7-2-6-18(28-20)21(24)16-11-19(27-13-17(16)23)15-5-3-9-26-12-15/h2-3,5-7,9,11-13,24H,4,8,10,14,23,25H2,1H3. The molecular weight excluding hydrogens is 362 g/mol. The number of pyridine rings is 3. The lowest BCUT2D eigenvalue weighted by molar-refractivity contribution is 0.373. The van der Waals surface area contributed by atoms with E-state index in [2.05, 4.69) is 21.8 Å². The van der Waals surface area contributed by atoms with Crippen LogP contribution in [0.1, 0.15) is 31.0 Å². The highest BCUT2D eigenvalue weighted by Gasteiger charge is 2.27. The van der Waals surface area contributed by atoms with Crippen molar-refractivity contribution in [3.8, 4) is 11.3 Å². The Morgan fingerprint density at radius 1 is 1.21 bits per heavy atom. The summed E-state index contributed by atoms with van der Waals surface area (Å²) in [5, 5.41) is 8.73. The minimum Gasteiger partial charge on any atom is -0.397 e. The molecule has 4 rings (SSSR count). The zero-order valence-electron chi connectivity index (χ0n) is 16.5. The highest BCUT2D eigenvalue weighted by Crippen LogP contribution is 2.25. The maximum Gasteiger partial charge on any atom is 0.129 e. The van der Waals surface area contributed by atoms with E-state index < -0.39 is 0 Å². The maximum absolute atomic E-state index is 8.73. The van der Waals surface area contributed by atoms with Gasteiger partial charge in [0.15, 0.2) is 0 Å². The molecule has 3 aromatic rings. The molecule has 1 atom stereocenters. The molecule has 1 saturated heterocycles. The summed E-state index contributed by atoms with van der Waals surface area (Å²) in [5.74, 6) is 0.837. The highest BCUT2D eigenvalue weighted by atomic mass is 15.2. The van der Waals surface area contributed by atoms with Gasteiger partial charge in [-0.2, -0.15) is 0 Å². The molecule has 7 nitrogen and oxygen atoms in total. The summed E-state index contributed by atoms with van der Waals surface area (Å²) in [6, 6.07) is 11.3. The van der Waals surface area contributed by atoms with E-state index in [-0.39, 0.29) is 11.3 Å². The Kier molecular flexibility index (Phi) is 4.98. The van der Waals surface area contributed by atoms with Crippen molar-refractivity contribution in [3.05, 3.63) is 66.2 Å². The Labute approximate surface area is 170 Å². The number of aromatic nitrogens is 3. The molecule has 5 N–H and O–H groups in total. The molecule has 0 spiro atoms. The Balaban J connectivity index is 1.65. The van der Waals surface area contributed by atoms with Crippen LogP contribution in [0.15, 0.2) is 55.0 Å². The number of hydrogen-bond acceptors (Lipinski definition) is 7. The summed E-state index contributed by atoms with van der Waals surface area (Å²) >= 11 is 0. The fourth-order valence-corrected chi connectivity index (χ4v) is 3.69. The molecule has 1 aliphatic rings. The van der Waals surface area contributed by atoms with Gasteiger partial charge in [-0.05, 0) is 50.1 Å². The second-order valence-electron chi connectivity index (χ2n) is 7.83. The molecule has 3 aromatic heterocycles. The van der Waals surface area contributed by atoms with Gasteiger partial charge in [0.2, 0.25) is 0 Å². The fourth-order valence-electron chi connectivity index (χ4n) is 3.69. The van der Waals surface area contributed by atoms with Crippen LogP contribution < -0.4 is 16.4 Å². The van der Waals surface area contributed by atoms with Crippen LogP contribution in [0.25, 0.3) is 11.3 Å². The zero-order valence-corrected chi connectivity index (χ0v) is 16.5. The summed E-state index contributed by atoms with van der Waals surface area (Å²) in [7, 11) is 0. The van der Waals surface area contributed by atoms with Gasteiger partial charge in [-0.25, -0.2) is 4.98 Å². The normalized spacial score (nSPS) is 19.2. The maximum atomic E-state index is 8.73. The molecule has 0 radical (unpaired) electrons. The van der Waals surface area contributed by atoms with Crippen LogP contribution in [-0.4, -0.2) is 39.3 Å². The van der Waals surface area contributed by atoms with Gasteiger partial charge in [-0.15, -0.1) is 0 Å². The third kappa shape index (κ3) is 4.09. The number of nitrogen functional groups attached to an aromatic ring is 1. The van der Waals surface area contributed by atoms with E-state index in [4.69, 9.17) is 21.9 Å². The first-order valence-electron chi connectivity index (χ1n) is 9.69. The molecule has 0 saturated carbocycles. The van der Waals surface area contributed by atoms with E-state index in [1.807, 2.05) is 36.4 Å². The number of piperidine rings is 1. The molecule has 29 heavy (non-hydrogen) atoms. The van der Waals surface area contributed by atoms with Crippen molar-refractivity contribution in [2.75, 3.05) is 23.7 Å². The van der Waals surface area contributed by atoms with E-state index in [1.54, 1.807) is 18.6 Å². The van der Waals surface area contributed by atoms with Gasteiger partial charge < -0.3 is 16.4 Å². The molecule has 0 amide bonds. The molecular formula is C22H25N7. The van der Waals surface area contributed by atoms with Crippen LogP contribution in [0.2, 0.25) is 0 Å². The van der Waals surface area contributed by atoms with E-state index in [0.29, 0.717) is 16.9 Å². The van der Waals surface area contributed by atoms with Crippen molar-refractivity contribution in [1.82, 2.24) is 15.0 Å². The summed E-state index contributed by atoms with van der Waals surface area (Å²) < 4.78 is 0. The van der Waals surface area contributed by atoms with Gasteiger partial charge >= 0.3 is 0 Å². The summed E-state index contributed by atoms with van der Waals surface area (Å²) in [6.45, 7) is 3.74. The van der Waals surface area contributed by atoms with E-state index >= 15 is 0 Å². The number of nitrogens with zero attached hydrogens (tertiary/aromatic N) is 4. The lowest BCUT2D eigenvalue weighted by Gasteiger charge is -2.38. The SMILES string of the molecule is CC1(N)CCCN(c2cccc(C(=N)c3cc(-c4cccnc4)ncc3N)n2)C1. The van der Waals surface area contributed by atoms with E-state index in [0.717, 1.165) is 43.0 Å². The minimum atomic E-state index is -0.225. The van der Waals surface area contributed by atoms with Crippen molar-refractivity contribution in [2.24, 2.45) is 5.73 Å². The van der Waals surface area contributed by atoms with Gasteiger partial charge in [0, 0.05) is 42.1 Å². The van der Waals surface area contributed by atoms with Crippen LogP contribution >= 0.6 is 0 Å². The van der Waals surface area contributed by atoms with Gasteiger partial charge in [-0.3, -0.25) is 15.4 Å². The molecule has 1 fully saturated rings. The number of nitrogens with one attached hydrogen (secondary N) is 1. The molecule has 7 heteroatoms. The van der Waals surface area contributed by atoms with Crippen molar-refractivity contribution < 1.29 is 0 Å². The van der Waals surface area contributed by atoms with Crippen molar-refractivity contribution >= 4 is 17.2 Å². The first-order chi connectivity index (χ1) is 13.9. The van der Waals surface area contributed by atoms with Crippen LogP contribution in [-0.2, 0) is 0 Å². The molecule has 148 valence electrons. The first-order valence-corrected chi connectivity index (χ1v) is 9.69. The van der Waals surface area contributed by atoms with Gasteiger partial charge in [-0.1, -0.05) is 6.07 Å². The third-order valence-corrected chi connectivity index (χ3v) is 5.20. The Morgan fingerprint density at radius 2 is 2.07 bits per heavy atom. The quantitative estimate of drug-likeness (QED) is 0.593. The number of nitrogens with two attached hydrogens (primary N) is 2. The van der Waals surface area contributed by atoms with Crippen molar-refractivity contribution in [2.45, 2.75) is 25.3 Å². The van der Waals surface area contributed by atoms with Crippen LogP contribution in [0, 0.1) is 5.41 Å². The monoisotopic (exact) mass is 387 g/mol. The third-order valence-electron chi connectivity index (χ3n) is 5.20. The second-order valence-corrected chi connectivity index (χ2v) is 7.83. The molecule has 4 heterocycles. The summed E-state index contributed by atoms with van der Waals surface area (Å²) in [6.07, 6.45) is 7.07. The van der Waals surface area contributed by atoms with Gasteiger partial charge in [0.05, 0.1) is 29.0 Å². The largest absolute Gasteiger partial charge is 0.397 e. The molecule has 0 aromatic carbocycles. The Hall–Kier alpha value is -3.32. The molecule has 0 bridgehead atoms. The summed E-state index contributed by atoms with van der Waals surface area (Å²) in [5.41, 5.74) is 15.8. The Bertz CT molecular complexity index is 1030. The predicted molar refractivity (Wildman–Crippen MR) is 116 cm³/mol. The summed E-state index contributed by atoms with van der Waals surface area (Å²) in [4.78, 5) is 15.5. The van der Waals surface area contributed by atoms with Crippen LogP contribution in [0.3, 0.4) is 0 Å². The van der Waals surface area contributed by atoms with Crippen LogP contribution in [0.4, 0.5) is 11.5 Å². The van der Waals surface area contributed by atoms with Gasteiger partial charge in [0.25, 0.3) is 0 Å². The zero-order chi connectivity index (χ0) is 20.4. The fraction of sp³-hybridized carbons (Fsp3) is 0.273. The smallest absolute Gasteiger partial charge is 0.129 e. The Morgan fingerprint density at radius 3 is 2.83 bits per heavy atom. The topological polar surface area (TPSA) is 118 Å².